The van der Waals surface area contributed by atoms with Gasteiger partial charge in [0.05, 0.1) is 61.0 Å². The monoisotopic (exact) mass is 1280 g/mol. The number of piperidine rings is 5. The molecule has 496 valence electrons. The number of amides is 6. The summed E-state index contributed by atoms with van der Waals surface area (Å²) < 4.78 is 54.8. The number of fused-ring (bicyclic) bond motifs is 4. The lowest BCUT2D eigenvalue weighted by atomic mass is 9.87. The standard InChI is InChI=1S/C66H83F3N16O8/c1-40-60-48(5-4-6-53(60)85(77-40)38-57(87)70-33-56(86)71-34-59(89)93-3)49-28-54-45(27-51(49)67)31-72-84(54)36-42-7-17-79(18-8-42)39-58(88)80-21-9-41(10-22-80)35-78-19-11-43(12-20-78)63(91)81-23-13-44(14-24-81)64(92)82-25-15-47(16-26-82)83-37-46(32-73-83)74-62(90)61-50-29-55-65(2,66(55,68)69)30-52(50)75-76-61/h4-6,27-28,31-32,37,41-44,47,55H,7-26,29-30,33-36,38-39H2,1-3H3,(H,70,87)(H,71,86)(H,74,90)(H,75,76)/t55-,65+/m1/s1. The third-order valence-electron chi connectivity index (χ3n) is 21.5. The van der Waals surface area contributed by atoms with Crippen LogP contribution in [0, 0.1) is 47.7 Å². The SMILES string of the molecule is COC(=O)CNC(=O)CNC(=O)Cn1nc(C)c2c(-c3cc4c(cnn4CC4CCN(CC(=O)N5CCC(CN6CCC(C(=O)N7CCC(C(=O)N8CCC(n9cc(NC(=O)c%10n[nH]c%11c%10C[C@H]%10C(F)(F)[C@@]%10(C)C%11)cn9)CC8)CC7)CC6)CC5)CC4)cc3F)cccc21. The van der Waals surface area contributed by atoms with Crippen LogP contribution in [0.25, 0.3) is 32.9 Å². The van der Waals surface area contributed by atoms with Gasteiger partial charge in [0, 0.05) is 116 Å². The van der Waals surface area contributed by atoms with Crippen molar-refractivity contribution in [2.45, 2.75) is 116 Å². The van der Waals surface area contributed by atoms with Crippen LogP contribution in [-0.4, -0.2) is 210 Å². The lowest BCUT2D eigenvalue weighted by molar-refractivity contribution is -0.144. The van der Waals surface area contributed by atoms with Gasteiger partial charge in [0.25, 0.3) is 11.8 Å². The van der Waals surface area contributed by atoms with Gasteiger partial charge in [-0.1, -0.05) is 19.1 Å². The predicted molar refractivity (Wildman–Crippen MR) is 336 cm³/mol. The van der Waals surface area contributed by atoms with E-state index in [-0.39, 0.29) is 73.8 Å². The first-order valence-electron chi connectivity index (χ1n) is 33.1. The molecule has 4 N–H and O–H groups in total. The van der Waals surface area contributed by atoms with Gasteiger partial charge in [-0.25, -0.2) is 13.2 Å². The van der Waals surface area contributed by atoms with Gasteiger partial charge in [0.2, 0.25) is 29.5 Å². The van der Waals surface area contributed by atoms with Gasteiger partial charge in [0.1, 0.15) is 18.9 Å². The Kier molecular flexibility index (Phi) is 18.0. The number of anilines is 1. The van der Waals surface area contributed by atoms with E-state index in [4.69, 9.17) is 5.10 Å². The van der Waals surface area contributed by atoms with E-state index >= 15 is 4.39 Å². The highest BCUT2D eigenvalue weighted by molar-refractivity contribution is 6.04. The summed E-state index contributed by atoms with van der Waals surface area (Å²) in [6.07, 6.45) is 13.4. The zero-order valence-corrected chi connectivity index (χ0v) is 53.1. The maximum absolute atomic E-state index is 16.0. The summed E-state index contributed by atoms with van der Waals surface area (Å²) in [6, 6.07) is 8.84. The lowest BCUT2D eigenvalue weighted by Gasteiger charge is -2.40. The Morgan fingerprint density at radius 3 is 2.05 bits per heavy atom. The van der Waals surface area contributed by atoms with E-state index in [1.165, 1.54) is 17.9 Å². The Morgan fingerprint density at radius 1 is 0.699 bits per heavy atom. The number of halogens is 3. The number of aromatic amines is 1. The molecule has 0 radical (unpaired) electrons. The van der Waals surface area contributed by atoms with Gasteiger partial charge in [-0.3, -0.25) is 57.6 Å². The second-order valence-corrected chi connectivity index (χ2v) is 27.2. The van der Waals surface area contributed by atoms with Gasteiger partial charge in [-0.05, 0) is 139 Å². The molecule has 5 aliphatic heterocycles. The number of nitrogens with one attached hydrogen (secondary N) is 4. The van der Waals surface area contributed by atoms with Crippen molar-refractivity contribution < 1.29 is 51.5 Å². The zero-order chi connectivity index (χ0) is 64.9. The second kappa shape index (κ2) is 26.3. The molecular weight excluding hydrogens is 1200 g/mol. The van der Waals surface area contributed by atoms with Crippen molar-refractivity contribution in [3.8, 4) is 11.1 Å². The minimum Gasteiger partial charge on any atom is -0.468 e. The molecule has 2 aliphatic carbocycles. The van der Waals surface area contributed by atoms with Crippen LogP contribution in [0.4, 0.5) is 18.9 Å². The molecule has 24 nitrogen and oxygen atoms in total. The highest BCUT2D eigenvalue weighted by Gasteiger charge is 2.78. The molecule has 6 aromatic rings. The molecule has 6 fully saturated rings. The summed E-state index contributed by atoms with van der Waals surface area (Å²) >= 11 is 0. The predicted octanol–water partition coefficient (Wildman–Crippen LogP) is 5.21. The number of likely N-dealkylation sites (tertiary alicyclic amines) is 5. The minimum atomic E-state index is -2.75. The number of ether oxygens (including phenoxy) is 1. The topological polar surface area (TPSA) is 263 Å². The number of aryl methyl sites for hydroxylation is 1. The van der Waals surface area contributed by atoms with E-state index in [2.05, 4.69) is 50.9 Å². The van der Waals surface area contributed by atoms with Crippen molar-refractivity contribution in [1.82, 2.24) is 74.7 Å². The third kappa shape index (κ3) is 13.1. The largest absolute Gasteiger partial charge is 0.468 e. The van der Waals surface area contributed by atoms with Crippen molar-refractivity contribution in [2.24, 2.45) is 35.0 Å². The van der Waals surface area contributed by atoms with E-state index in [1.807, 2.05) is 42.3 Å². The summed E-state index contributed by atoms with van der Waals surface area (Å²) in [5.74, 6) is -4.78. The number of hydrogen-bond donors (Lipinski definition) is 4. The highest BCUT2D eigenvalue weighted by Crippen LogP contribution is 2.70. The van der Waals surface area contributed by atoms with E-state index in [9.17, 15) is 42.3 Å². The summed E-state index contributed by atoms with van der Waals surface area (Å²) in [6.45, 7) is 11.8. The van der Waals surface area contributed by atoms with Crippen LogP contribution in [0.1, 0.15) is 105 Å². The molecule has 0 bridgehead atoms. The summed E-state index contributed by atoms with van der Waals surface area (Å²) in [7, 11) is 1.21. The fraction of sp³-hybridized carbons (Fsp3) is 0.591. The van der Waals surface area contributed by atoms with Crippen LogP contribution >= 0.6 is 0 Å². The number of carbonyl (C=O) groups is 7. The van der Waals surface area contributed by atoms with Crippen molar-refractivity contribution >= 4 is 68.9 Å². The molecule has 6 amide bonds. The number of benzene rings is 2. The molecule has 7 aliphatic rings. The number of esters is 1. The van der Waals surface area contributed by atoms with Crippen LogP contribution in [0.15, 0.2) is 48.9 Å². The maximum Gasteiger partial charge on any atom is 0.325 e. The van der Waals surface area contributed by atoms with E-state index in [0.29, 0.717) is 127 Å². The molecule has 9 heterocycles. The molecule has 27 heteroatoms. The number of methoxy groups -OCH3 is 1. The molecule has 0 spiro atoms. The second-order valence-electron chi connectivity index (χ2n) is 27.2. The Hall–Kier alpha value is -8.20. The Bertz CT molecular complexity index is 3820. The van der Waals surface area contributed by atoms with Crippen LogP contribution in [0.5, 0.6) is 0 Å². The van der Waals surface area contributed by atoms with E-state index in [0.717, 1.165) is 89.9 Å². The first-order chi connectivity index (χ1) is 44.8. The number of alkyl halides is 2. The molecular formula is C66H83F3N16O8. The summed E-state index contributed by atoms with van der Waals surface area (Å²) in [5.41, 5.74) is 3.78. The number of carbonyl (C=O) groups excluding carboxylic acids is 7. The molecule has 0 unspecified atom stereocenters. The minimum absolute atomic E-state index is 0.00950. The molecule has 2 atom stereocenters. The first-order valence-corrected chi connectivity index (χ1v) is 33.1. The quantitative estimate of drug-likeness (QED) is 0.0806. The van der Waals surface area contributed by atoms with Gasteiger partial charge in [-0.2, -0.15) is 20.4 Å². The summed E-state index contributed by atoms with van der Waals surface area (Å²) in [4.78, 5) is 102. The Morgan fingerprint density at radius 2 is 1.34 bits per heavy atom. The van der Waals surface area contributed by atoms with Crippen molar-refractivity contribution in [1.29, 1.82) is 0 Å². The molecule has 13 rings (SSSR count). The average Bonchev–Trinajstić information content (AvgIpc) is 1.51. The van der Waals surface area contributed by atoms with Gasteiger partial charge >= 0.3 is 5.97 Å². The smallest absolute Gasteiger partial charge is 0.325 e. The highest BCUT2D eigenvalue weighted by atomic mass is 19.3. The van der Waals surface area contributed by atoms with Crippen molar-refractivity contribution in [3.63, 3.8) is 0 Å². The molecule has 4 aromatic heterocycles. The molecule has 2 aromatic carbocycles. The van der Waals surface area contributed by atoms with Crippen LogP contribution in [0.3, 0.4) is 0 Å². The number of hydrogen-bond acceptors (Lipinski definition) is 14. The fourth-order valence-corrected chi connectivity index (χ4v) is 15.6. The lowest BCUT2D eigenvalue weighted by Crippen LogP contribution is -2.49. The molecule has 5 saturated heterocycles. The average molecular weight is 1290 g/mol. The zero-order valence-electron chi connectivity index (χ0n) is 53.1. The number of aromatic nitrogens is 8. The van der Waals surface area contributed by atoms with Crippen LogP contribution in [-0.2, 0) is 59.4 Å². The van der Waals surface area contributed by atoms with Gasteiger partial charge in [0.15, 0.2) is 5.69 Å². The van der Waals surface area contributed by atoms with Crippen LogP contribution in [0.2, 0.25) is 0 Å². The van der Waals surface area contributed by atoms with Gasteiger partial charge in [-0.15, -0.1) is 0 Å². The van der Waals surface area contributed by atoms with Crippen molar-refractivity contribution in [2.75, 3.05) is 104 Å². The Balaban J connectivity index is 0.498. The van der Waals surface area contributed by atoms with Crippen molar-refractivity contribution in [3.05, 3.63) is 77.4 Å². The molecule has 1 saturated carbocycles. The number of rotatable bonds is 18. The fourth-order valence-electron chi connectivity index (χ4n) is 15.6. The molecule has 93 heavy (non-hydrogen) atoms. The maximum atomic E-state index is 16.0. The first kappa shape index (κ1) is 63.6. The Labute approximate surface area is 536 Å². The van der Waals surface area contributed by atoms with E-state index in [1.54, 1.807) is 38.5 Å². The third-order valence-corrected chi connectivity index (χ3v) is 21.5. The normalized spacial score (nSPS) is 22.0. The summed E-state index contributed by atoms with van der Waals surface area (Å²) in [5, 5.41) is 30.0. The number of nitrogens with zero attached hydrogens (tertiary/aromatic N) is 12. The van der Waals surface area contributed by atoms with Crippen LogP contribution < -0.4 is 16.0 Å². The van der Waals surface area contributed by atoms with E-state index < -0.39 is 46.8 Å². The number of H-pyrrole nitrogens is 1. The van der Waals surface area contributed by atoms with Gasteiger partial charge < -0.3 is 40.3 Å².